The zero-order valence-corrected chi connectivity index (χ0v) is 19.9. The number of Topliss-reactive ketones (excluding diaryl/α,β-unsaturated/α-hetero) is 1. The van der Waals surface area contributed by atoms with Gasteiger partial charge >= 0.3 is 0 Å². The number of carbonyl (C=O) groups is 2. The number of amides is 1. The van der Waals surface area contributed by atoms with E-state index in [0.717, 1.165) is 10.0 Å². The fourth-order valence-electron chi connectivity index (χ4n) is 3.79. The van der Waals surface area contributed by atoms with Gasteiger partial charge in [0.15, 0.2) is 17.3 Å². The molecule has 1 heterocycles. The van der Waals surface area contributed by atoms with Crippen LogP contribution in [-0.2, 0) is 0 Å². The van der Waals surface area contributed by atoms with Crippen molar-refractivity contribution in [2.75, 3.05) is 26.6 Å². The molecule has 1 atom stereocenters. The summed E-state index contributed by atoms with van der Waals surface area (Å²) in [6, 6.07) is 16.0. The van der Waals surface area contributed by atoms with Crippen LogP contribution in [0.1, 0.15) is 38.8 Å². The van der Waals surface area contributed by atoms with E-state index in [9.17, 15) is 9.59 Å². The molecule has 170 valence electrons. The number of rotatable bonds is 6. The van der Waals surface area contributed by atoms with E-state index in [4.69, 9.17) is 18.9 Å². The Morgan fingerprint density at radius 1 is 1.00 bits per heavy atom. The van der Waals surface area contributed by atoms with Crippen molar-refractivity contribution < 1.29 is 28.5 Å². The first-order valence-corrected chi connectivity index (χ1v) is 10.9. The fourth-order valence-corrected chi connectivity index (χ4v) is 4.19. The average molecular weight is 512 g/mol. The van der Waals surface area contributed by atoms with Crippen LogP contribution in [0.25, 0.3) is 0 Å². The number of hydrogen-bond acceptors (Lipinski definition) is 6. The van der Waals surface area contributed by atoms with Crippen LogP contribution in [0, 0.1) is 0 Å². The number of methoxy groups -OCH3 is 3. The largest absolute Gasteiger partial charge is 0.493 e. The van der Waals surface area contributed by atoms with Gasteiger partial charge in [-0.15, -0.1) is 0 Å². The normalized spacial score (nSPS) is 14.7. The van der Waals surface area contributed by atoms with Crippen LogP contribution >= 0.6 is 15.9 Å². The summed E-state index contributed by atoms with van der Waals surface area (Å²) in [5.41, 5.74) is 2.21. The number of fused-ring (bicyclic) bond motifs is 1. The molecule has 0 aromatic heterocycles. The van der Waals surface area contributed by atoms with E-state index in [1.807, 2.05) is 18.2 Å². The zero-order chi connectivity index (χ0) is 23.5. The molecule has 1 unspecified atom stereocenters. The molecule has 1 N–H and O–H groups in total. The molecule has 7 nitrogen and oxygen atoms in total. The van der Waals surface area contributed by atoms with Gasteiger partial charge in [0.05, 0.1) is 27.8 Å². The predicted molar refractivity (Wildman–Crippen MR) is 127 cm³/mol. The summed E-state index contributed by atoms with van der Waals surface area (Å²) in [4.78, 5) is 25.7. The average Bonchev–Trinajstić information content (AvgIpc) is 2.82. The second-order valence-corrected chi connectivity index (χ2v) is 8.26. The van der Waals surface area contributed by atoms with Crippen LogP contribution in [0.3, 0.4) is 0 Å². The number of carbonyl (C=O) groups excluding carboxylic acids is 2. The summed E-state index contributed by atoms with van der Waals surface area (Å²) in [5, 5.41) is 2.89. The van der Waals surface area contributed by atoms with Crippen molar-refractivity contribution in [3.05, 3.63) is 75.8 Å². The van der Waals surface area contributed by atoms with Gasteiger partial charge in [-0.3, -0.25) is 9.59 Å². The van der Waals surface area contributed by atoms with Gasteiger partial charge in [-0.05, 0) is 35.9 Å². The SMILES string of the molecule is COc1cc2c(c(OC)c1OC)C(=O)CC(c1cccc(NC(=O)c3cccc(Br)c3)c1)O2. The number of hydrogen-bond donors (Lipinski definition) is 1. The van der Waals surface area contributed by atoms with Crippen molar-refractivity contribution in [1.82, 2.24) is 0 Å². The topological polar surface area (TPSA) is 83.1 Å². The Hall–Kier alpha value is -3.52. The summed E-state index contributed by atoms with van der Waals surface area (Å²) < 4.78 is 23.2. The summed E-state index contributed by atoms with van der Waals surface area (Å²) >= 11 is 3.37. The number of anilines is 1. The van der Waals surface area contributed by atoms with Gasteiger partial charge in [-0.1, -0.05) is 34.1 Å². The van der Waals surface area contributed by atoms with Gasteiger partial charge < -0.3 is 24.3 Å². The van der Waals surface area contributed by atoms with Crippen molar-refractivity contribution in [3.63, 3.8) is 0 Å². The van der Waals surface area contributed by atoms with Crippen LogP contribution < -0.4 is 24.3 Å². The molecule has 0 spiro atoms. The Morgan fingerprint density at radius 2 is 1.76 bits per heavy atom. The third kappa shape index (κ3) is 4.52. The van der Waals surface area contributed by atoms with Crippen molar-refractivity contribution in [3.8, 4) is 23.0 Å². The lowest BCUT2D eigenvalue weighted by atomic mass is 9.94. The highest BCUT2D eigenvalue weighted by molar-refractivity contribution is 9.10. The smallest absolute Gasteiger partial charge is 0.255 e. The van der Waals surface area contributed by atoms with Gasteiger partial charge in [-0.25, -0.2) is 0 Å². The Labute approximate surface area is 199 Å². The third-order valence-electron chi connectivity index (χ3n) is 5.32. The first-order chi connectivity index (χ1) is 15.9. The predicted octanol–water partition coefficient (Wildman–Crippen LogP) is 5.43. The molecule has 1 aliphatic heterocycles. The minimum absolute atomic E-state index is 0.113. The van der Waals surface area contributed by atoms with Crippen molar-refractivity contribution in [2.24, 2.45) is 0 Å². The van der Waals surface area contributed by atoms with E-state index >= 15 is 0 Å². The number of benzene rings is 3. The van der Waals surface area contributed by atoms with Crippen LogP contribution in [0.2, 0.25) is 0 Å². The second kappa shape index (κ2) is 9.54. The summed E-state index contributed by atoms with van der Waals surface area (Å²) in [5.74, 6) is 1.01. The second-order valence-electron chi connectivity index (χ2n) is 7.34. The van der Waals surface area contributed by atoms with E-state index < -0.39 is 6.10 Å². The van der Waals surface area contributed by atoms with E-state index in [1.165, 1.54) is 21.3 Å². The molecule has 3 aromatic carbocycles. The molecule has 0 saturated carbocycles. The first kappa shape index (κ1) is 22.7. The van der Waals surface area contributed by atoms with Gasteiger partial charge in [-0.2, -0.15) is 0 Å². The van der Waals surface area contributed by atoms with E-state index in [2.05, 4.69) is 21.2 Å². The summed E-state index contributed by atoms with van der Waals surface area (Å²) in [6.45, 7) is 0. The molecule has 1 aliphatic rings. The number of ketones is 1. The van der Waals surface area contributed by atoms with E-state index in [0.29, 0.717) is 34.1 Å². The van der Waals surface area contributed by atoms with Gasteiger partial charge in [0.25, 0.3) is 5.91 Å². The van der Waals surface area contributed by atoms with Crippen LogP contribution in [0.5, 0.6) is 23.0 Å². The van der Waals surface area contributed by atoms with Crippen molar-refractivity contribution in [2.45, 2.75) is 12.5 Å². The molecule has 0 aliphatic carbocycles. The lowest BCUT2D eigenvalue weighted by molar-refractivity contribution is 0.0842. The highest BCUT2D eigenvalue weighted by atomic mass is 79.9. The van der Waals surface area contributed by atoms with Gasteiger partial charge in [0, 0.05) is 21.8 Å². The monoisotopic (exact) mass is 511 g/mol. The van der Waals surface area contributed by atoms with Crippen LogP contribution in [-0.4, -0.2) is 33.0 Å². The molecule has 0 fully saturated rings. The Morgan fingerprint density at radius 3 is 2.45 bits per heavy atom. The van der Waals surface area contributed by atoms with Crippen LogP contribution in [0.15, 0.2) is 59.1 Å². The maximum Gasteiger partial charge on any atom is 0.255 e. The number of ether oxygens (including phenoxy) is 4. The first-order valence-electron chi connectivity index (χ1n) is 10.1. The molecule has 4 rings (SSSR count). The van der Waals surface area contributed by atoms with E-state index in [1.54, 1.807) is 36.4 Å². The fraction of sp³-hybridized carbons (Fsp3) is 0.200. The molecule has 0 bridgehead atoms. The van der Waals surface area contributed by atoms with Crippen LogP contribution in [0.4, 0.5) is 5.69 Å². The van der Waals surface area contributed by atoms with Gasteiger partial charge in [0.2, 0.25) is 5.75 Å². The Balaban J connectivity index is 1.62. The molecule has 1 amide bonds. The van der Waals surface area contributed by atoms with Crippen molar-refractivity contribution >= 4 is 33.3 Å². The minimum atomic E-state index is -0.532. The number of nitrogens with one attached hydrogen (secondary N) is 1. The minimum Gasteiger partial charge on any atom is -0.493 e. The lowest BCUT2D eigenvalue weighted by Crippen LogP contribution is -2.22. The maximum absolute atomic E-state index is 13.1. The summed E-state index contributed by atoms with van der Waals surface area (Å²) in [6.07, 6.45) is -0.419. The molecular formula is C25H22BrNO6. The Kier molecular flexibility index (Phi) is 6.55. The van der Waals surface area contributed by atoms with Crippen molar-refractivity contribution in [1.29, 1.82) is 0 Å². The van der Waals surface area contributed by atoms with E-state index in [-0.39, 0.29) is 23.9 Å². The lowest BCUT2D eigenvalue weighted by Gasteiger charge is -2.28. The third-order valence-corrected chi connectivity index (χ3v) is 5.81. The quantitative estimate of drug-likeness (QED) is 0.474. The molecule has 33 heavy (non-hydrogen) atoms. The number of halogens is 1. The standard InChI is InChI=1S/C25H22BrNO6/c1-30-21-13-20-22(24(32-3)23(21)31-2)18(28)12-19(33-20)14-6-5-9-17(11-14)27-25(29)15-7-4-8-16(26)10-15/h4-11,13,19H,12H2,1-3H3,(H,27,29). The molecule has 0 radical (unpaired) electrons. The molecular weight excluding hydrogens is 490 g/mol. The Bertz CT molecular complexity index is 1230. The molecule has 8 heteroatoms. The highest BCUT2D eigenvalue weighted by Crippen LogP contribution is 2.49. The highest BCUT2D eigenvalue weighted by Gasteiger charge is 2.34. The molecule has 3 aromatic rings. The zero-order valence-electron chi connectivity index (χ0n) is 18.3. The van der Waals surface area contributed by atoms with Gasteiger partial charge in [0.1, 0.15) is 17.4 Å². The summed E-state index contributed by atoms with van der Waals surface area (Å²) in [7, 11) is 4.45. The molecule has 0 saturated heterocycles. The maximum atomic E-state index is 13.1.